The molecule has 0 aromatic heterocycles. The Hall–Kier alpha value is -3.38. The molecule has 6 nitrogen and oxygen atoms in total. The number of methoxy groups -OCH3 is 3. The van der Waals surface area contributed by atoms with Crippen LogP contribution in [-0.2, 0) is 6.42 Å². The second kappa shape index (κ2) is 9.40. The summed E-state index contributed by atoms with van der Waals surface area (Å²) < 4.78 is 22.8. The van der Waals surface area contributed by atoms with Crippen LogP contribution in [-0.4, -0.2) is 27.2 Å². The highest BCUT2D eigenvalue weighted by atomic mass is 35.5. The summed E-state index contributed by atoms with van der Waals surface area (Å²) in [6.45, 7) is 0. The van der Waals surface area contributed by atoms with Gasteiger partial charge in [0.05, 0.1) is 21.3 Å². The molecular weight excluding hydrogens is 430 g/mol. The molecule has 7 heteroatoms. The third-order valence-electron chi connectivity index (χ3n) is 5.42. The van der Waals surface area contributed by atoms with Gasteiger partial charge in [-0.25, -0.2) is 0 Å². The van der Waals surface area contributed by atoms with Crippen molar-refractivity contribution in [1.29, 1.82) is 0 Å². The van der Waals surface area contributed by atoms with Crippen LogP contribution in [0.3, 0.4) is 0 Å². The topological polar surface area (TPSA) is 66.0 Å². The number of benzene rings is 3. The fourth-order valence-corrected chi connectivity index (χ4v) is 4.10. The lowest BCUT2D eigenvalue weighted by Gasteiger charge is -2.29. The number of hydrogen-bond donors (Lipinski definition) is 1. The van der Waals surface area contributed by atoms with E-state index in [1.54, 1.807) is 45.6 Å². The minimum absolute atomic E-state index is 0.173. The standard InChI is InChI=1S/C25H24ClNO5/c1-29-22-14-21-19(23(30-2)24(22)31-3)10-11-20(32-21)15-6-5-9-18(13-15)27-25(28)16-7-4-8-17(26)12-16/h4-9,12-14,20H,10-11H2,1-3H3,(H,27,28). The summed E-state index contributed by atoms with van der Waals surface area (Å²) in [6.07, 6.45) is 1.33. The predicted molar refractivity (Wildman–Crippen MR) is 124 cm³/mol. The fraction of sp³-hybridized carbons (Fsp3) is 0.240. The van der Waals surface area contributed by atoms with Gasteiger partial charge in [0.25, 0.3) is 5.91 Å². The van der Waals surface area contributed by atoms with Gasteiger partial charge in [-0.2, -0.15) is 0 Å². The van der Waals surface area contributed by atoms with Gasteiger partial charge in [-0.15, -0.1) is 0 Å². The summed E-state index contributed by atoms with van der Waals surface area (Å²) in [7, 11) is 4.77. The van der Waals surface area contributed by atoms with Crippen LogP contribution in [0.5, 0.6) is 23.0 Å². The second-order valence-corrected chi connectivity index (χ2v) is 7.79. The van der Waals surface area contributed by atoms with E-state index >= 15 is 0 Å². The van der Waals surface area contributed by atoms with Gasteiger partial charge in [0, 0.05) is 27.9 Å². The third-order valence-corrected chi connectivity index (χ3v) is 5.66. The number of carbonyl (C=O) groups is 1. The minimum atomic E-state index is -0.221. The van der Waals surface area contributed by atoms with Crippen LogP contribution in [0.1, 0.15) is 34.0 Å². The molecule has 0 radical (unpaired) electrons. The van der Waals surface area contributed by atoms with Gasteiger partial charge in [0.15, 0.2) is 11.5 Å². The molecule has 1 N–H and O–H groups in total. The van der Waals surface area contributed by atoms with E-state index in [-0.39, 0.29) is 12.0 Å². The van der Waals surface area contributed by atoms with Crippen molar-refractivity contribution in [1.82, 2.24) is 0 Å². The Morgan fingerprint density at radius 3 is 2.50 bits per heavy atom. The number of ether oxygens (including phenoxy) is 4. The average Bonchev–Trinajstić information content (AvgIpc) is 2.82. The maximum absolute atomic E-state index is 12.6. The van der Waals surface area contributed by atoms with Crippen LogP contribution in [0.2, 0.25) is 5.02 Å². The molecule has 1 atom stereocenters. The van der Waals surface area contributed by atoms with Crippen molar-refractivity contribution in [3.05, 3.63) is 76.3 Å². The van der Waals surface area contributed by atoms with Crippen molar-refractivity contribution in [2.24, 2.45) is 0 Å². The zero-order valence-electron chi connectivity index (χ0n) is 18.1. The zero-order chi connectivity index (χ0) is 22.7. The molecule has 166 valence electrons. The Bertz CT molecular complexity index is 1150. The first kappa shape index (κ1) is 21.8. The van der Waals surface area contributed by atoms with E-state index in [0.29, 0.717) is 39.3 Å². The Labute approximate surface area is 192 Å². The van der Waals surface area contributed by atoms with E-state index in [4.69, 9.17) is 30.5 Å². The summed E-state index contributed by atoms with van der Waals surface area (Å²) in [6, 6.07) is 16.3. The molecule has 4 rings (SSSR count). The van der Waals surface area contributed by atoms with Gasteiger partial charge in [0.1, 0.15) is 11.9 Å². The Balaban J connectivity index is 1.57. The Morgan fingerprint density at radius 1 is 1.00 bits per heavy atom. The van der Waals surface area contributed by atoms with Crippen LogP contribution in [0.25, 0.3) is 0 Å². The lowest BCUT2D eigenvalue weighted by molar-refractivity contribution is 0.102. The highest BCUT2D eigenvalue weighted by molar-refractivity contribution is 6.31. The predicted octanol–water partition coefficient (Wildman–Crippen LogP) is 5.68. The summed E-state index contributed by atoms with van der Waals surface area (Å²) >= 11 is 6.00. The van der Waals surface area contributed by atoms with Crippen LogP contribution < -0.4 is 24.3 Å². The quantitative estimate of drug-likeness (QED) is 0.519. The molecule has 32 heavy (non-hydrogen) atoms. The molecule has 0 aliphatic carbocycles. The highest BCUT2D eigenvalue weighted by Gasteiger charge is 2.28. The average molecular weight is 454 g/mol. The highest BCUT2D eigenvalue weighted by Crippen LogP contribution is 2.49. The molecule has 1 unspecified atom stereocenters. The van der Waals surface area contributed by atoms with E-state index in [1.165, 1.54) is 0 Å². The van der Waals surface area contributed by atoms with Crippen molar-refractivity contribution < 1.29 is 23.7 Å². The summed E-state index contributed by atoms with van der Waals surface area (Å²) in [4.78, 5) is 12.6. The number of carbonyl (C=O) groups excluding carboxylic acids is 1. The van der Waals surface area contributed by atoms with Crippen LogP contribution in [0.4, 0.5) is 5.69 Å². The van der Waals surface area contributed by atoms with Gasteiger partial charge < -0.3 is 24.3 Å². The molecule has 1 amide bonds. The van der Waals surface area contributed by atoms with E-state index in [2.05, 4.69) is 5.32 Å². The number of halogens is 1. The minimum Gasteiger partial charge on any atom is -0.493 e. The van der Waals surface area contributed by atoms with Crippen molar-refractivity contribution in [2.75, 3.05) is 26.6 Å². The third kappa shape index (κ3) is 4.32. The first-order valence-electron chi connectivity index (χ1n) is 10.2. The molecule has 3 aromatic rings. The molecule has 1 heterocycles. The normalized spacial score (nSPS) is 14.7. The van der Waals surface area contributed by atoms with Crippen molar-refractivity contribution in [2.45, 2.75) is 18.9 Å². The number of anilines is 1. The fourth-order valence-electron chi connectivity index (χ4n) is 3.91. The SMILES string of the molecule is COc1cc2c(c(OC)c1OC)CCC(c1cccc(NC(=O)c3cccc(Cl)c3)c1)O2. The maximum Gasteiger partial charge on any atom is 0.255 e. The molecule has 1 aliphatic heterocycles. The Kier molecular flexibility index (Phi) is 6.42. The molecule has 3 aromatic carbocycles. The maximum atomic E-state index is 12.6. The largest absolute Gasteiger partial charge is 0.493 e. The number of fused-ring (bicyclic) bond motifs is 1. The molecule has 0 saturated carbocycles. The van der Waals surface area contributed by atoms with Crippen molar-refractivity contribution in [3.8, 4) is 23.0 Å². The zero-order valence-corrected chi connectivity index (χ0v) is 18.9. The van der Waals surface area contributed by atoms with E-state index < -0.39 is 0 Å². The molecule has 0 saturated heterocycles. The number of nitrogens with one attached hydrogen (secondary N) is 1. The lowest BCUT2D eigenvalue weighted by atomic mass is 9.96. The van der Waals surface area contributed by atoms with Gasteiger partial charge in [-0.05, 0) is 48.7 Å². The van der Waals surface area contributed by atoms with E-state index in [1.807, 2.05) is 30.3 Å². The lowest BCUT2D eigenvalue weighted by Crippen LogP contribution is -2.17. The summed E-state index contributed by atoms with van der Waals surface area (Å²) in [5, 5.41) is 3.44. The van der Waals surface area contributed by atoms with E-state index in [0.717, 1.165) is 24.0 Å². The van der Waals surface area contributed by atoms with Gasteiger partial charge in [-0.3, -0.25) is 4.79 Å². The number of rotatable bonds is 6. The molecule has 1 aliphatic rings. The number of hydrogen-bond acceptors (Lipinski definition) is 5. The first-order chi connectivity index (χ1) is 15.5. The smallest absolute Gasteiger partial charge is 0.255 e. The van der Waals surface area contributed by atoms with Gasteiger partial charge in [0.2, 0.25) is 5.75 Å². The molecule has 0 bridgehead atoms. The van der Waals surface area contributed by atoms with Gasteiger partial charge in [-0.1, -0.05) is 29.8 Å². The summed E-state index contributed by atoms with van der Waals surface area (Å²) in [5.41, 5.74) is 3.10. The monoisotopic (exact) mass is 453 g/mol. The second-order valence-electron chi connectivity index (χ2n) is 7.36. The van der Waals surface area contributed by atoms with Crippen LogP contribution in [0.15, 0.2) is 54.6 Å². The van der Waals surface area contributed by atoms with Crippen molar-refractivity contribution >= 4 is 23.2 Å². The number of amides is 1. The van der Waals surface area contributed by atoms with Crippen LogP contribution >= 0.6 is 11.6 Å². The molecule has 0 spiro atoms. The van der Waals surface area contributed by atoms with Crippen molar-refractivity contribution in [3.63, 3.8) is 0 Å². The first-order valence-corrected chi connectivity index (χ1v) is 10.6. The molecular formula is C25H24ClNO5. The van der Waals surface area contributed by atoms with Crippen LogP contribution in [0, 0.1) is 0 Å². The van der Waals surface area contributed by atoms with E-state index in [9.17, 15) is 4.79 Å². The van der Waals surface area contributed by atoms with Gasteiger partial charge >= 0.3 is 0 Å². The summed E-state index contributed by atoms with van der Waals surface area (Å²) in [5.74, 6) is 2.21. The molecule has 0 fully saturated rings. The Morgan fingerprint density at radius 2 is 1.78 bits per heavy atom.